The van der Waals surface area contributed by atoms with Crippen molar-refractivity contribution in [2.75, 3.05) is 25.2 Å². The van der Waals surface area contributed by atoms with E-state index in [0.717, 1.165) is 18.7 Å². The molecule has 3 heterocycles. The zero-order valence-corrected chi connectivity index (χ0v) is 16.7. The second-order valence-electron chi connectivity index (χ2n) is 7.38. The molecule has 0 unspecified atom stereocenters. The number of methoxy groups -OCH3 is 1. The molecule has 0 aliphatic carbocycles. The zero-order chi connectivity index (χ0) is 20.0. The average Bonchev–Trinajstić information content (AvgIpc) is 3.05. The number of nitrogens with zero attached hydrogens (tertiary/aromatic N) is 5. The molecule has 0 N–H and O–H groups in total. The minimum Gasteiger partial charge on any atom is -0.383 e. The van der Waals surface area contributed by atoms with Crippen LogP contribution in [0.3, 0.4) is 0 Å². The number of benzene rings is 1. The fourth-order valence-electron chi connectivity index (χ4n) is 4.00. The van der Waals surface area contributed by atoms with Crippen molar-refractivity contribution in [2.45, 2.75) is 33.4 Å². The van der Waals surface area contributed by atoms with E-state index in [0.29, 0.717) is 30.3 Å². The van der Waals surface area contributed by atoms with E-state index < -0.39 is 0 Å². The summed E-state index contributed by atoms with van der Waals surface area (Å²) in [5, 5.41) is 0. The predicted octanol–water partition coefficient (Wildman–Crippen LogP) is 1.70. The first-order chi connectivity index (χ1) is 13.4. The second kappa shape index (κ2) is 6.94. The van der Waals surface area contributed by atoms with E-state index in [1.807, 2.05) is 4.57 Å². The van der Waals surface area contributed by atoms with Gasteiger partial charge in [0.2, 0.25) is 5.95 Å². The standard InChI is InChI=1S/C20H25N5O3/c1-13-10-14(2)12-15(11-13)23-6-5-7-24-16-17(21-19(23)24)22(3)20(27)25(18(16)26)8-9-28-4/h10-12H,5-9H2,1-4H3. The van der Waals surface area contributed by atoms with Crippen LogP contribution in [0, 0.1) is 13.8 Å². The van der Waals surface area contributed by atoms with Gasteiger partial charge < -0.3 is 14.2 Å². The third kappa shape index (κ3) is 2.84. The van der Waals surface area contributed by atoms with Crippen LogP contribution in [0.15, 0.2) is 27.8 Å². The summed E-state index contributed by atoms with van der Waals surface area (Å²) in [5.74, 6) is 0.711. The van der Waals surface area contributed by atoms with Crippen LogP contribution in [0.1, 0.15) is 17.5 Å². The van der Waals surface area contributed by atoms with E-state index in [2.05, 4.69) is 36.9 Å². The quantitative estimate of drug-likeness (QED) is 0.686. The van der Waals surface area contributed by atoms with Crippen molar-refractivity contribution in [3.05, 3.63) is 50.2 Å². The van der Waals surface area contributed by atoms with Gasteiger partial charge in [0.05, 0.1) is 13.2 Å². The second-order valence-corrected chi connectivity index (χ2v) is 7.38. The zero-order valence-electron chi connectivity index (χ0n) is 16.7. The fourth-order valence-corrected chi connectivity index (χ4v) is 4.00. The van der Waals surface area contributed by atoms with E-state index in [-0.39, 0.29) is 17.8 Å². The van der Waals surface area contributed by atoms with Crippen LogP contribution in [0.25, 0.3) is 11.2 Å². The van der Waals surface area contributed by atoms with Gasteiger partial charge in [-0.1, -0.05) is 6.07 Å². The molecule has 0 saturated heterocycles. The molecule has 0 amide bonds. The molecular weight excluding hydrogens is 358 g/mol. The largest absolute Gasteiger partial charge is 0.383 e. The third-order valence-corrected chi connectivity index (χ3v) is 5.25. The number of fused-ring (bicyclic) bond motifs is 3. The number of hydrogen-bond donors (Lipinski definition) is 0. The van der Waals surface area contributed by atoms with Crippen molar-refractivity contribution in [3.8, 4) is 0 Å². The van der Waals surface area contributed by atoms with Gasteiger partial charge in [-0.15, -0.1) is 0 Å². The molecule has 8 nitrogen and oxygen atoms in total. The Balaban J connectivity index is 1.95. The van der Waals surface area contributed by atoms with E-state index in [4.69, 9.17) is 9.72 Å². The van der Waals surface area contributed by atoms with E-state index in [9.17, 15) is 9.59 Å². The lowest BCUT2D eigenvalue weighted by Gasteiger charge is -2.29. The summed E-state index contributed by atoms with van der Waals surface area (Å²) in [4.78, 5) is 32.6. The number of aryl methyl sites for hydroxylation is 4. The molecule has 0 fully saturated rings. The van der Waals surface area contributed by atoms with Crippen molar-refractivity contribution >= 4 is 22.8 Å². The van der Waals surface area contributed by atoms with E-state index >= 15 is 0 Å². The monoisotopic (exact) mass is 383 g/mol. The smallest absolute Gasteiger partial charge is 0.332 e. The summed E-state index contributed by atoms with van der Waals surface area (Å²) in [5.41, 5.74) is 3.63. The fraction of sp³-hybridized carbons (Fsp3) is 0.450. The highest BCUT2D eigenvalue weighted by Crippen LogP contribution is 2.31. The SMILES string of the molecule is COCCn1c(=O)c2c(nc3n2CCCN3c2cc(C)cc(C)c2)n(C)c1=O. The summed E-state index contributed by atoms with van der Waals surface area (Å²) < 4.78 is 9.70. The third-order valence-electron chi connectivity index (χ3n) is 5.25. The number of anilines is 2. The Morgan fingerprint density at radius 3 is 2.50 bits per heavy atom. The van der Waals surface area contributed by atoms with Crippen molar-refractivity contribution < 1.29 is 4.74 Å². The molecule has 2 aromatic heterocycles. The van der Waals surface area contributed by atoms with Crippen LogP contribution in [0.5, 0.6) is 0 Å². The first-order valence-corrected chi connectivity index (χ1v) is 9.47. The molecule has 4 rings (SSSR count). The number of imidazole rings is 1. The van der Waals surface area contributed by atoms with Gasteiger partial charge in [-0.05, 0) is 43.5 Å². The van der Waals surface area contributed by atoms with Gasteiger partial charge in [0.1, 0.15) is 0 Å². The lowest BCUT2D eigenvalue weighted by molar-refractivity contribution is 0.184. The van der Waals surface area contributed by atoms with Crippen molar-refractivity contribution in [1.29, 1.82) is 0 Å². The summed E-state index contributed by atoms with van der Waals surface area (Å²) in [6.07, 6.45) is 0.895. The molecule has 148 valence electrons. The van der Waals surface area contributed by atoms with Gasteiger partial charge in [-0.25, -0.2) is 4.79 Å². The van der Waals surface area contributed by atoms with E-state index in [1.54, 1.807) is 14.2 Å². The van der Waals surface area contributed by atoms with Gasteiger partial charge in [0.25, 0.3) is 5.56 Å². The van der Waals surface area contributed by atoms with Gasteiger partial charge >= 0.3 is 5.69 Å². The van der Waals surface area contributed by atoms with Crippen molar-refractivity contribution in [3.63, 3.8) is 0 Å². The number of aromatic nitrogens is 4. The maximum atomic E-state index is 13.1. The van der Waals surface area contributed by atoms with Gasteiger partial charge in [0.15, 0.2) is 11.2 Å². The highest BCUT2D eigenvalue weighted by Gasteiger charge is 2.27. The lowest BCUT2D eigenvalue weighted by atomic mass is 10.1. The molecule has 0 spiro atoms. The normalized spacial score (nSPS) is 13.9. The number of hydrogen-bond acceptors (Lipinski definition) is 5. The molecule has 0 atom stereocenters. The average molecular weight is 383 g/mol. The Hall–Kier alpha value is -2.87. The topological polar surface area (TPSA) is 74.3 Å². The molecule has 0 bridgehead atoms. The Labute approximate surface area is 162 Å². The number of ether oxygens (including phenoxy) is 1. The minimum atomic E-state index is -0.372. The molecule has 1 aliphatic heterocycles. The predicted molar refractivity (Wildman–Crippen MR) is 109 cm³/mol. The molecule has 8 heteroatoms. The molecular formula is C20H25N5O3. The summed E-state index contributed by atoms with van der Waals surface area (Å²) in [6, 6.07) is 6.38. The highest BCUT2D eigenvalue weighted by molar-refractivity contribution is 5.77. The van der Waals surface area contributed by atoms with Gasteiger partial charge in [-0.2, -0.15) is 4.98 Å². The van der Waals surface area contributed by atoms with Crippen LogP contribution in [0.2, 0.25) is 0 Å². The number of rotatable bonds is 4. The van der Waals surface area contributed by atoms with Crippen LogP contribution in [0.4, 0.5) is 11.6 Å². The summed E-state index contributed by atoms with van der Waals surface area (Å²) >= 11 is 0. The summed E-state index contributed by atoms with van der Waals surface area (Å²) in [7, 11) is 3.21. The molecule has 3 aromatic rings. The lowest BCUT2D eigenvalue weighted by Crippen LogP contribution is -2.40. The minimum absolute atomic E-state index is 0.221. The Morgan fingerprint density at radius 2 is 1.82 bits per heavy atom. The molecule has 0 saturated carbocycles. The first-order valence-electron chi connectivity index (χ1n) is 9.47. The van der Waals surface area contributed by atoms with Crippen molar-refractivity contribution in [1.82, 2.24) is 18.7 Å². The van der Waals surface area contributed by atoms with Crippen LogP contribution < -0.4 is 16.1 Å². The first kappa shape index (κ1) is 18.5. The Bertz CT molecular complexity index is 1150. The maximum absolute atomic E-state index is 13.1. The highest BCUT2D eigenvalue weighted by atomic mass is 16.5. The van der Waals surface area contributed by atoms with E-state index in [1.165, 1.54) is 20.3 Å². The maximum Gasteiger partial charge on any atom is 0.332 e. The Kier molecular flexibility index (Phi) is 4.58. The Morgan fingerprint density at radius 1 is 1.11 bits per heavy atom. The van der Waals surface area contributed by atoms with Crippen LogP contribution in [-0.2, 0) is 24.9 Å². The van der Waals surface area contributed by atoms with Crippen LogP contribution >= 0.6 is 0 Å². The molecule has 1 aliphatic rings. The summed E-state index contributed by atoms with van der Waals surface area (Å²) in [6.45, 7) is 6.18. The molecule has 0 radical (unpaired) electrons. The van der Waals surface area contributed by atoms with Crippen LogP contribution in [-0.4, -0.2) is 38.9 Å². The van der Waals surface area contributed by atoms with Gasteiger partial charge in [0, 0.05) is 32.9 Å². The van der Waals surface area contributed by atoms with Gasteiger partial charge in [-0.3, -0.25) is 13.9 Å². The van der Waals surface area contributed by atoms with Crippen molar-refractivity contribution in [2.24, 2.45) is 7.05 Å². The molecule has 1 aromatic carbocycles. The molecule has 28 heavy (non-hydrogen) atoms.